The molecule has 0 spiro atoms. The quantitative estimate of drug-likeness (QED) is 0.630. The molecule has 0 saturated heterocycles. The molecule has 0 unspecified atom stereocenters. The molecule has 1 aromatic rings. The lowest BCUT2D eigenvalue weighted by atomic mass is 9.73. The second-order valence-corrected chi connectivity index (χ2v) is 5.68. The van der Waals surface area contributed by atoms with Crippen molar-refractivity contribution in [1.82, 2.24) is 5.32 Å². The lowest BCUT2D eigenvalue weighted by molar-refractivity contribution is 0.194. The van der Waals surface area contributed by atoms with E-state index in [0.29, 0.717) is 0 Å². The van der Waals surface area contributed by atoms with E-state index in [1.165, 1.54) is 31.2 Å². The van der Waals surface area contributed by atoms with Crippen LogP contribution in [0.1, 0.15) is 45.1 Å². The topological polar surface area (TPSA) is 30.5 Å². The maximum absolute atomic E-state index is 5.28. The summed E-state index contributed by atoms with van der Waals surface area (Å²) in [4.78, 5) is 0. The molecular weight excluding hydrogens is 262 g/mol. The van der Waals surface area contributed by atoms with E-state index in [2.05, 4.69) is 43.4 Å². The van der Waals surface area contributed by atoms with Crippen molar-refractivity contribution in [3.05, 3.63) is 29.8 Å². The fraction of sp³-hybridized carbons (Fsp3) is 0.667. The van der Waals surface area contributed by atoms with Crippen LogP contribution >= 0.6 is 0 Å². The zero-order valence-electron chi connectivity index (χ0n) is 14.1. The number of rotatable bonds is 11. The van der Waals surface area contributed by atoms with Crippen molar-refractivity contribution in [2.75, 3.05) is 33.9 Å². The molecule has 0 amide bonds. The summed E-state index contributed by atoms with van der Waals surface area (Å²) in [6.45, 7) is 7.20. The predicted molar refractivity (Wildman–Crippen MR) is 89.2 cm³/mol. The van der Waals surface area contributed by atoms with Crippen LogP contribution in [0.25, 0.3) is 0 Å². The van der Waals surface area contributed by atoms with E-state index < -0.39 is 0 Å². The van der Waals surface area contributed by atoms with Crippen molar-refractivity contribution < 1.29 is 9.47 Å². The number of benzene rings is 1. The minimum atomic E-state index is 0.212. The van der Waals surface area contributed by atoms with Gasteiger partial charge in [-0.2, -0.15) is 0 Å². The van der Waals surface area contributed by atoms with Gasteiger partial charge in [-0.1, -0.05) is 38.8 Å². The van der Waals surface area contributed by atoms with E-state index in [-0.39, 0.29) is 5.41 Å². The lowest BCUT2D eigenvalue weighted by Crippen LogP contribution is -2.39. The van der Waals surface area contributed by atoms with Gasteiger partial charge in [0.05, 0.1) is 13.7 Å². The minimum absolute atomic E-state index is 0.212. The fourth-order valence-electron chi connectivity index (χ4n) is 3.10. The van der Waals surface area contributed by atoms with Gasteiger partial charge in [0.25, 0.3) is 0 Å². The van der Waals surface area contributed by atoms with Gasteiger partial charge in [0, 0.05) is 25.6 Å². The first-order chi connectivity index (χ1) is 10.2. The van der Waals surface area contributed by atoms with Crippen LogP contribution in [-0.2, 0) is 10.2 Å². The summed E-state index contributed by atoms with van der Waals surface area (Å²) in [6, 6.07) is 8.60. The summed E-state index contributed by atoms with van der Waals surface area (Å²) in [6.07, 6.45) is 4.79. The molecule has 0 aliphatic rings. The van der Waals surface area contributed by atoms with E-state index in [0.717, 1.165) is 25.4 Å². The maximum Gasteiger partial charge on any atom is 0.118 e. The minimum Gasteiger partial charge on any atom is -0.497 e. The van der Waals surface area contributed by atoms with Crippen molar-refractivity contribution in [2.24, 2.45) is 0 Å². The second kappa shape index (κ2) is 9.80. The smallest absolute Gasteiger partial charge is 0.118 e. The number of methoxy groups -OCH3 is 2. The van der Waals surface area contributed by atoms with Gasteiger partial charge >= 0.3 is 0 Å². The highest BCUT2D eigenvalue weighted by atomic mass is 16.5. The van der Waals surface area contributed by atoms with Crippen LogP contribution in [0.3, 0.4) is 0 Å². The van der Waals surface area contributed by atoms with Gasteiger partial charge in [-0.15, -0.1) is 0 Å². The maximum atomic E-state index is 5.28. The Morgan fingerprint density at radius 1 is 1.00 bits per heavy atom. The Labute approximate surface area is 130 Å². The fourth-order valence-corrected chi connectivity index (χ4v) is 3.10. The van der Waals surface area contributed by atoms with Gasteiger partial charge in [0.15, 0.2) is 0 Å². The molecule has 0 atom stereocenters. The van der Waals surface area contributed by atoms with Gasteiger partial charge in [-0.25, -0.2) is 0 Å². The third-order valence-electron chi connectivity index (χ3n) is 4.11. The van der Waals surface area contributed by atoms with Gasteiger partial charge in [-0.05, 0) is 30.5 Å². The third-order valence-corrected chi connectivity index (χ3v) is 4.11. The molecule has 0 aromatic heterocycles. The van der Waals surface area contributed by atoms with Gasteiger partial charge in [0.2, 0.25) is 0 Å². The molecule has 0 saturated carbocycles. The van der Waals surface area contributed by atoms with E-state index in [1.54, 1.807) is 14.2 Å². The molecule has 1 N–H and O–H groups in total. The molecule has 0 fully saturated rings. The lowest BCUT2D eigenvalue weighted by Gasteiger charge is -2.35. The van der Waals surface area contributed by atoms with Crippen LogP contribution < -0.4 is 10.1 Å². The first-order valence-corrected chi connectivity index (χ1v) is 8.06. The van der Waals surface area contributed by atoms with E-state index in [9.17, 15) is 0 Å². The highest BCUT2D eigenvalue weighted by Crippen LogP contribution is 2.34. The monoisotopic (exact) mass is 293 g/mol. The number of ether oxygens (including phenoxy) is 2. The molecule has 3 nitrogen and oxygen atoms in total. The zero-order chi connectivity index (χ0) is 15.6. The average Bonchev–Trinajstić information content (AvgIpc) is 2.52. The molecule has 1 rings (SSSR count). The van der Waals surface area contributed by atoms with Crippen molar-refractivity contribution in [1.29, 1.82) is 0 Å². The van der Waals surface area contributed by atoms with Crippen LogP contribution in [-0.4, -0.2) is 33.9 Å². The van der Waals surface area contributed by atoms with Crippen molar-refractivity contribution in [2.45, 2.75) is 44.9 Å². The van der Waals surface area contributed by atoms with Crippen LogP contribution in [0.2, 0.25) is 0 Å². The number of nitrogens with one attached hydrogen (secondary N) is 1. The summed E-state index contributed by atoms with van der Waals surface area (Å²) in [7, 11) is 3.46. The molecular formula is C18H31NO2. The van der Waals surface area contributed by atoms with E-state index >= 15 is 0 Å². The Morgan fingerprint density at radius 2 is 1.62 bits per heavy atom. The molecule has 3 heteroatoms. The van der Waals surface area contributed by atoms with E-state index in [1.807, 2.05) is 0 Å². The molecule has 21 heavy (non-hydrogen) atoms. The highest BCUT2D eigenvalue weighted by molar-refractivity contribution is 5.33. The average molecular weight is 293 g/mol. The normalized spacial score (nSPS) is 11.6. The predicted octanol–water partition coefficient (Wildman–Crippen LogP) is 3.77. The summed E-state index contributed by atoms with van der Waals surface area (Å²) < 4.78 is 10.4. The Kier molecular flexibility index (Phi) is 8.40. The third kappa shape index (κ3) is 5.33. The Balaban J connectivity index is 2.90. The van der Waals surface area contributed by atoms with Crippen LogP contribution in [0.4, 0.5) is 0 Å². The van der Waals surface area contributed by atoms with Crippen LogP contribution in [0.15, 0.2) is 24.3 Å². The molecule has 0 heterocycles. The molecule has 1 aromatic carbocycles. The molecule has 0 radical (unpaired) electrons. The van der Waals surface area contributed by atoms with Crippen molar-refractivity contribution in [3.63, 3.8) is 0 Å². The summed E-state index contributed by atoms with van der Waals surface area (Å²) >= 11 is 0. The van der Waals surface area contributed by atoms with Crippen molar-refractivity contribution in [3.8, 4) is 5.75 Å². The van der Waals surface area contributed by atoms with Gasteiger partial charge < -0.3 is 14.8 Å². The zero-order valence-corrected chi connectivity index (χ0v) is 14.1. The molecule has 120 valence electrons. The largest absolute Gasteiger partial charge is 0.497 e. The second-order valence-electron chi connectivity index (χ2n) is 5.68. The van der Waals surface area contributed by atoms with Crippen LogP contribution in [0.5, 0.6) is 5.75 Å². The highest BCUT2D eigenvalue weighted by Gasteiger charge is 2.30. The van der Waals surface area contributed by atoms with Crippen LogP contribution in [0, 0.1) is 0 Å². The first kappa shape index (κ1) is 18.0. The number of hydrogen-bond acceptors (Lipinski definition) is 3. The SMILES string of the molecule is CCCC(CCC)(CNCCOC)c1ccc(OC)cc1. The molecule has 0 bridgehead atoms. The van der Waals surface area contributed by atoms with Gasteiger partial charge in [0.1, 0.15) is 5.75 Å². The Bertz CT molecular complexity index is 369. The molecule has 0 aliphatic carbocycles. The van der Waals surface area contributed by atoms with E-state index in [4.69, 9.17) is 9.47 Å². The Morgan fingerprint density at radius 3 is 2.10 bits per heavy atom. The first-order valence-electron chi connectivity index (χ1n) is 8.06. The van der Waals surface area contributed by atoms with Gasteiger partial charge in [-0.3, -0.25) is 0 Å². The number of hydrogen-bond donors (Lipinski definition) is 1. The standard InChI is InChI=1S/C18H31NO2/c1-5-11-18(12-6-2,15-19-13-14-20-3)16-7-9-17(21-4)10-8-16/h7-10,19H,5-6,11-15H2,1-4H3. The van der Waals surface area contributed by atoms with Crippen molar-refractivity contribution >= 4 is 0 Å². The summed E-state index contributed by atoms with van der Waals surface area (Å²) in [5.74, 6) is 0.924. The summed E-state index contributed by atoms with van der Waals surface area (Å²) in [5, 5.41) is 3.57. The molecule has 0 aliphatic heterocycles. The Hall–Kier alpha value is -1.06. The summed E-state index contributed by atoms with van der Waals surface area (Å²) in [5.41, 5.74) is 1.63.